The molecule has 3 heterocycles. The summed E-state index contributed by atoms with van der Waals surface area (Å²) in [6.45, 7) is 4.27. The number of aromatic nitrogens is 3. The minimum Gasteiger partial charge on any atom is -0.345 e. The second-order valence-corrected chi connectivity index (χ2v) is 6.94. The van der Waals surface area contributed by atoms with E-state index in [2.05, 4.69) is 53.1 Å². The molecule has 3 aromatic heterocycles. The van der Waals surface area contributed by atoms with Crippen LogP contribution in [0.5, 0.6) is 0 Å². The van der Waals surface area contributed by atoms with Gasteiger partial charge in [0, 0.05) is 28.9 Å². The molecule has 1 aromatic carbocycles. The van der Waals surface area contributed by atoms with Crippen LogP contribution in [0.15, 0.2) is 71.0 Å². The Labute approximate surface area is 145 Å². The van der Waals surface area contributed by atoms with Crippen LogP contribution in [0, 0.1) is 13.8 Å². The molecule has 0 aliphatic rings. The third-order valence-corrected chi connectivity index (χ3v) is 4.91. The van der Waals surface area contributed by atoms with Gasteiger partial charge >= 0.3 is 0 Å². The Morgan fingerprint density at radius 3 is 2.50 bits per heavy atom. The highest BCUT2D eigenvalue weighted by Gasteiger charge is 2.13. The van der Waals surface area contributed by atoms with E-state index in [0.717, 1.165) is 21.0 Å². The Hall–Kier alpha value is -2.59. The van der Waals surface area contributed by atoms with E-state index < -0.39 is 0 Å². The molecule has 0 saturated carbocycles. The second-order valence-electron chi connectivity index (χ2n) is 5.88. The first-order valence-electron chi connectivity index (χ1n) is 7.84. The minimum atomic E-state index is 0.907. The SMILES string of the molecule is Cc1cc(C)cc(-c2ccnc3[nH]cc(Sc4ccccn4)c23)c1. The van der Waals surface area contributed by atoms with E-state index in [9.17, 15) is 0 Å². The number of pyridine rings is 2. The van der Waals surface area contributed by atoms with Gasteiger partial charge in [0.05, 0.1) is 0 Å². The average Bonchev–Trinajstić information content (AvgIpc) is 2.98. The van der Waals surface area contributed by atoms with Crippen molar-refractivity contribution in [2.75, 3.05) is 0 Å². The minimum absolute atomic E-state index is 0.907. The summed E-state index contributed by atoms with van der Waals surface area (Å²) >= 11 is 1.66. The zero-order valence-electron chi connectivity index (χ0n) is 13.6. The molecule has 1 N–H and O–H groups in total. The van der Waals surface area contributed by atoms with E-state index in [1.54, 1.807) is 11.8 Å². The normalized spacial score (nSPS) is 11.1. The van der Waals surface area contributed by atoms with Gasteiger partial charge in [-0.2, -0.15) is 0 Å². The third kappa shape index (κ3) is 2.81. The van der Waals surface area contributed by atoms with Crippen molar-refractivity contribution < 1.29 is 0 Å². The first-order valence-corrected chi connectivity index (χ1v) is 8.66. The van der Waals surface area contributed by atoms with Gasteiger partial charge in [-0.05, 0) is 43.2 Å². The summed E-state index contributed by atoms with van der Waals surface area (Å²) in [6.07, 6.45) is 5.70. The number of nitrogens with one attached hydrogen (secondary N) is 1. The molecule has 4 aromatic rings. The van der Waals surface area contributed by atoms with Gasteiger partial charge in [0.2, 0.25) is 0 Å². The third-order valence-electron chi connectivity index (χ3n) is 3.92. The molecule has 0 atom stereocenters. The van der Waals surface area contributed by atoms with E-state index in [1.807, 2.05) is 36.8 Å². The molecule has 3 nitrogen and oxygen atoms in total. The molecule has 24 heavy (non-hydrogen) atoms. The summed E-state index contributed by atoms with van der Waals surface area (Å²) < 4.78 is 0. The van der Waals surface area contributed by atoms with Crippen LogP contribution >= 0.6 is 11.8 Å². The molecular formula is C20H17N3S. The maximum absolute atomic E-state index is 4.49. The standard InChI is InChI=1S/C20H17N3S/c1-13-9-14(2)11-15(10-13)16-6-8-22-20-19(16)17(12-23-20)24-18-5-3-4-7-21-18/h3-12H,1-2H3,(H,22,23). The van der Waals surface area contributed by atoms with E-state index in [1.165, 1.54) is 22.3 Å². The summed E-state index contributed by atoms with van der Waals surface area (Å²) in [7, 11) is 0. The van der Waals surface area contributed by atoms with Gasteiger partial charge in [0.15, 0.2) is 0 Å². The highest BCUT2D eigenvalue weighted by Crippen LogP contribution is 2.38. The van der Waals surface area contributed by atoms with Crippen molar-refractivity contribution in [3.05, 3.63) is 72.2 Å². The number of hydrogen-bond donors (Lipinski definition) is 1. The van der Waals surface area contributed by atoms with Crippen molar-refractivity contribution >= 4 is 22.8 Å². The van der Waals surface area contributed by atoms with Gasteiger partial charge in [-0.3, -0.25) is 0 Å². The topological polar surface area (TPSA) is 41.6 Å². The van der Waals surface area contributed by atoms with Crippen molar-refractivity contribution in [3.63, 3.8) is 0 Å². The second kappa shape index (κ2) is 6.13. The van der Waals surface area contributed by atoms with Crippen LogP contribution < -0.4 is 0 Å². The summed E-state index contributed by atoms with van der Waals surface area (Å²) in [5.74, 6) is 0. The molecule has 0 aliphatic heterocycles. The monoisotopic (exact) mass is 331 g/mol. The lowest BCUT2D eigenvalue weighted by Crippen LogP contribution is -1.86. The fourth-order valence-electron chi connectivity index (χ4n) is 3.00. The summed E-state index contributed by atoms with van der Waals surface area (Å²) in [6, 6.07) is 14.7. The molecule has 4 heteroatoms. The number of H-pyrrole nitrogens is 1. The summed E-state index contributed by atoms with van der Waals surface area (Å²) in [5, 5.41) is 2.13. The van der Waals surface area contributed by atoms with Crippen LogP contribution in [0.1, 0.15) is 11.1 Å². The van der Waals surface area contributed by atoms with Crippen LogP contribution in [-0.2, 0) is 0 Å². The molecule has 0 radical (unpaired) electrons. The fraction of sp³-hybridized carbons (Fsp3) is 0.100. The molecular weight excluding hydrogens is 314 g/mol. The van der Waals surface area contributed by atoms with Gasteiger partial charge in [-0.15, -0.1) is 0 Å². The first kappa shape index (κ1) is 15.0. The average molecular weight is 331 g/mol. The quantitative estimate of drug-likeness (QED) is 0.547. The van der Waals surface area contributed by atoms with Gasteiger partial charge in [0.1, 0.15) is 10.7 Å². The Kier molecular flexibility index (Phi) is 3.82. The summed E-state index contributed by atoms with van der Waals surface area (Å²) in [5.41, 5.74) is 5.87. The molecule has 118 valence electrons. The van der Waals surface area contributed by atoms with Gasteiger partial charge in [-0.25, -0.2) is 9.97 Å². The highest BCUT2D eigenvalue weighted by molar-refractivity contribution is 7.99. The summed E-state index contributed by atoms with van der Waals surface area (Å²) in [4.78, 5) is 13.3. The number of nitrogens with zero attached hydrogens (tertiary/aromatic N) is 2. The van der Waals surface area contributed by atoms with Crippen LogP contribution in [0.2, 0.25) is 0 Å². The Morgan fingerprint density at radius 1 is 0.917 bits per heavy atom. The maximum atomic E-state index is 4.49. The number of aryl methyl sites for hydroxylation is 2. The number of rotatable bonds is 3. The predicted molar refractivity (Wildman–Crippen MR) is 99.4 cm³/mol. The van der Waals surface area contributed by atoms with Crippen molar-refractivity contribution in [1.29, 1.82) is 0 Å². The largest absolute Gasteiger partial charge is 0.345 e. The lowest BCUT2D eigenvalue weighted by Gasteiger charge is -2.08. The molecule has 0 spiro atoms. The molecule has 4 rings (SSSR count). The molecule has 0 saturated heterocycles. The predicted octanol–water partition coefficient (Wildman–Crippen LogP) is 5.39. The van der Waals surface area contributed by atoms with Crippen molar-refractivity contribution in [2.24, 2.45) is 0 Å². The smallest absolute Gasteiger partial charge is 0.139 e. The lowest BCUT2D eigenvalue weighted by atomic mass is 9.99. The highest BCUT2D eigenvalue weighted by atomic mass is 32.2. The van der Waals surface area contributed by atoms with Gasteiger partial charge < -0.3 is 4.98 Å². The number of hydrogen-bond acceptors (Lipinski definition) is 3. The van der Waals surface area contributed by atoms with Crippen molar-refractivity contribution in [3.8, 4) is 11.1 Å². The Bertz CT molecular complexity index is 986. The van der Waals surface area contributed by atoms with Crippen molar-refractivity contribution in [1.82, 2.24) is 15.0 Å². The zero-order chi connectivity index (χ0) is 16.5. The zero-order valence-corrected chi connectivity index (χ0v) is 14.4. The lowest BCUT2D eigenvalue weighted by molar-refractivity contribution is 1.13. The fourth-order valence-corrected chi connectivity index (χ4v) is 3.91. The van der Waals surface area contributed by atoms with E-state index in [0.29, 0.717) is 0 Å². The van der Waals surface area contributed by atoms with Crippen LogP contribution in [0.25, 0.3) is 22.2 Å². The van der Waals surface area contributed by atoms with E-state index >= 15 is 0 Å². The molecule has 0 amide bonds. The molecule has 0 aliphatic carbocycles. The van der Waals surface area contributed by atoms with Crippen LogP contribution in [0.3, 0.4) is 0 Å². The Morgan fingerprint density at radius 2 is 1.75 bits per heavy atom. The van der Waals surface area contributed by atoms with E-state index in [4.69, 9.17) is 0 Å². The van der Waals surface area contributed by atoms with E-state index in [-0.39, 0.29) is 0 Å². The van der Waals surface area contributed by atoms with Crippen LogP contribution in [-0.4, -0.2) is 15.0 Å². The Balaban J connectivity index is 1.88. The number of aromatic amines is 1. The molecule has 0 fully saturated rings. The maximum Gasteiger partial charge on any atom is 0.139 e. The first-order chi connectivity index (χ1) is 11.7. The molecule has 0 unspecified atom stereocenters. The van der Waals surface area contributed by atoms with Crippen molar-refractivity contribution in [2.45, 2.75) is 23.8 Å². The number of benzene rings is 1. The van der Waals surface area contributed by atoms with Crippen LogP contribution in [0.4, 0.5) is 0 Å². The van der Waals surface area contributed by atoms with Gasteiger partial charge in [0.25, 0.3) is 0 Å². The number of fused-ring (bicyclic) bond motifs is 1. The van der Waals surface area contributed by atoms with Gasteiger partial charge in [-0.1, -0.05) is 47.2 Å². The molecule has 0 bridgehead atoms.